The van der Waals surface area contributed by atoms with Crippen LogP contribution < -0.4 is 4.90 Å². The van der Waals surface area contributed by atoms with Gasteiger partial charge in [0.2, 0.25) is 0 Å². The second-order valence-electron chi connectivity index (χ2n) is 14.5. The summed E-state index contributed by atoms with van der Waals surface area (Å²) in [4.78, 5) is 2.44. The summed E-state index contributed by atoms with van der Waals surface area (Å²) in [5.74, 6) is 0. The molecule has 0 saturated carbocycles. The van der Waals surface area contributed by atoms with Crippen molar-refractivity contribution in [3.8, 4) is 33.4 Å². The Balaban J connectivity index is 1.14. The Morgan fingerprint density at radius 1 is 0.346 bits per heavy atom. The van der Waals surface area contributed by atoms with Crippen LogP contribution in [-0.2, 0) is 5.41 Å². The molecule has 0 bridgehead atoms. The number of anilines is 3. The largest absolute Gasteiger partial charge is 0.310 e. The van der Waals surface area contributed by atoms with Gasteiger partial charge in [0.1, 0.15) is 0 Å². The van der Waals surface area contributed by atoms with E-state index in [0.29, 0.717) is 0 Å². The lowest BCUT2D eigenvalue weighted by atomic mass is 9.81. The molecule has 0 unspecified atom stereocenters. The Labute approximate surface area is 305 Å². The standard InChI is InChI=1S/C51H37N/c1-51(2)47-21-11-10-18-43(47)44-32-27-37(33-48(44)51)36-25-30-39(31-26-36)52(38-28-23-35(24-29-38)34-13-4-3-5-14-34)49-22-12-20-46-42-16-7-6-15-40(42)41-17-8-9-19-45(41)50(46)49/h3-33H,1-2H3. The van der Waals surface area contributed by atoms with Crippen molar-refractivity contribution in [2.75, 3.05) is 4.90 Å². The molecule has 1 nitrogen and oxygen atoms in total. The Bertz CT molecular complexity index is 2750. The maximum Gasteiger partial charge on any atom is 0.0546 e. The first-order valence-electron chi connectivity index (χ1n) is 18.2. The number of benzene rings is 9. The van der Waals surface area contributed by atoms with E-state index in [1.807, 2.05) is 0 Å². The summed E-state index contributed by atoms with van der Waals surface area (Å²) in [7, 11) is 0. The number of hydrogen-bond acceptors (Lipinski definition) is 1. The fraction of sp³-hybridized carbons (Fsp3) is 0.0588. The van der Waals surface area contributed by atoms with Gasteiger partial charge in [-0.15, -0.1) is 0 Å². The third kappa shape index (κ3) is 4.70. The molecular weight excluding hydrogens is 627 g/mol. The van der Waals surface area contributed by atoms with Gasteiger partial charge in [0.05, 0.1) is 5.69 Å². The minimum atomic E-state index is -0.0358. The molecule has 9 aromatic carbocycles. The van der Waals surface area contributed by atoms with Crippen LogP contribution in [0.2, 0.25) is 0 Å². The number of hydrogen-bond donors (Lipinski definition) is 0. The van der Waals surface area contributed by atoms with Gasteiger partial charge in [-0.25, -0.2) is 0 Å². The van der Waals surface area contributed by atoms with Crippen molar-refractivity contribution in [2.24, 2.45) is 0 Å². The van der Waals surface area contributed by atoms with Crippen molar-refractivity contribution in [3.63, 3.8) is 0 Å². The van der Waals surface area contributed by atoms with Crippen LogP contribution in [0.25, 0.3) is 65.7 Å². The third-order valence-electron chi connectivity index (χ3n) is 11.3. The number of rotatable bonds is 5. The highest BCUT2D eigenvalue weighted by atomic mass is 15.1. The summed E-state index contributed by atoms with van der Waals surface area (Å²) in [6, 6.07) is 69.1. The monoisotopic (exact) mass is 663 g/mol. The summed E-state index contributed by atoms with van der Waals surface area (Å²) in [6.45, 7) is 4.70. The van der Waals surface area contributed by atoms with Crippen LogP contribution in [0.4, 0.5) is 17.1 Å². The lowest BCUT2D eigenvalue weighted by Crippen LogP contribution is -2.14. The van der Waals surface area contributed by atoms with Gasteiger partial charge in [-0.2, -0.15) is 0 Å². The van der Waals surface area contributed by atoms with Gasteiger partial charge in [0.15, 0.2) is 0 Å². The van der Waals surface area contributed by atoms with Crippen molar-refractivity contribution in [1.29, 1.82) is 0 Å². The van der Waals surface area contributed by atoms with Crippen LogP contribution in [0.15, 0.2) is 188 Å². The Morgan fingerprint density at radius 3 is 1.46 bits per heavy atom. The van der Waals surface area contributed by atoms with Crippen LogP contribution >= 0.6 is 0 Å². The van der Waals surface area contributed by atoms with E-state index in [4.69, 9.17) is 0 Å². The summed E-state index contributed by atoms with van der Waals surface area (Å²) in [5, 5.41) is 7.61. The molecule has 0 saturated heterocycles. The molecule has 0 radical (unpaired) electrons. The zero-order valence-corrected chi connectivity index (χ0v) is 29.3. The minimum Gasteiger partial charge on any atom is -0.310 e. The van der Waals surface area contributed by atoms with Crippen LogP contribution in [-0.4, -0.2) is 0 Å². The molecule has 10 rings (SSSR count). The van der Waals surface area contributed by atoms with Crippen molar-refractivity contribution in [2.45, 2.75) is 19.3 Å². The molecule has 1 heteroatoms. The number of fused-ring (bicyclic) bond motifs is 9. The van der Waals surface area contributed by atoms with Crippen LogP contribution in [0.1, 0.15) is 25.0 Å². The predicted molar refractivity (Wildman–Crippen MR) is 222 cm³/mol. The third-order valence-corrected chi connectivity index (χ3v) is 11.3. The number of nitrogens with zero attached hydrogens (tertiary/aromatic N) is 1. The maximum atomic E-state index is 2.44. The summed E-state index contributed by atoms with van der Waals surface area (Å²) < 4.78 is 0. The molecule has 246 valence electrons. The normalized spacial score (nSPS) is 13.0. The Kier molecular flexibility index (Phi) is 6.91. The molecule has 9 aromatic rings. The van der Waals surface area contributed by atoms with E-state index in [0.717, 1.165) is 17.1 Å². The molecular formula is C51H37N. The smallest absolute Gasteiger partial charge is 0.0546 e. The maximum absolute atomic E-state index is 2.44. The Morgan fingerprint density at radius 2 is 0.808 bits per heavy atom. The highest BCUT2D eigenvalue weighted by Gasteiger charge is 2.35. The molecule has 0 amide bonds. The lowest BCUT2D eigenvalue weighted by Gasteiger charge is -2.28. The van der Waals surface area contributed by atoms with Gasteiger partial charge < -0.3 is 4.90 Å². The summed E-state index contributed by atoms with van der Waals surface area (Å²) >= 11 is 0. The van der Waals surface area contributed by atoms with Gasteiger partial charge in [-0.1, -0.05) is 166 Å². The van der Waals surface area contributed by atoms with Gasteiger partial charge in [0, 0.05) is 22.2 Å². The molecule has 1 aliphatic rings. The average molecular weight is 664 g/mol. The molecule has 0 heterocycles. The summed E-state index contributed by atoms with van der Waals surface area (Å²) in [6.07, 6.45) is 0. The highest BCUT2D eigenvalue weighted by molar-refractivity contribution is 6.28. The molecule has 0 aliphatic heterocycles. The van der Waals surface area contributed by atoms with E-state index in [1.165, 1.54) is 76.8 Å². The van der Waals surface area contributed by atoms with Crippen LogP contribution in [0.5, 0.6) is 0 Å². The first-order chi connectivity index (χ1) is 25.6. The van der Waals surface area contributed by atoms with E-state index in [1.54, 1.807) is 0 Å². The Hall–Kier alpha value is -6.44. The van der Waals surface area contributed by atoms with Crippen LogP contribution in [0.3, 0.4) is 0 Å². The summed E-state index contributed by atoms with van der Waals surface area (Å²) in [5.41, 5.74) is 13.7. The molecule has 52 heavy (non-hydrogen) atoms. The quantitative estimate of drug-likeness (QED) is 0.166. The molecule has 0 atom stereocenters. The van der Waals surface area contributed by atoms with E-state index < -0.39 is 0 Å². The fourth-order valence-corrected chi connectivity index (χ4v) is 8.67. The average Bonchev–Trinajstić information content (AvgIpc) is 3.44. The first-order valence-corrected chi connectivity index (χ1v) is 18.2. The highest BCUT2D eigenvalue weighted by Crippen LogP contribution is 2.50. The van der Waals surface area contributed by atoms with Gasteiger partial charge in [-0.05, 0) is 108 Å². The lowest BCUT2D eigenvalue weighted by molar-refractivity contribution is 0.660. The zero-order chi connectivity index (χ0) is 34.8. The van der Waals surface area contributed by atoms with E-state index in [-0.39, 0.29) is 5.41 Å². The first kappa shape index (κ1) is 30.4. The molecule has 1 aliphatic carbocycles. The molecule has 0 N–H and O–H groups in total. The van der Waals surface area contributed by atoms with E-state index in [9.17, 15) is 0 Å². The van der Waals surface area contributed by atoms with Crippen molar-refractivity contribution >= 4 is 49.4 Å². The molecule has 0 fully saturated rings. The topological polar surface area (TPSA) is 3.24 Å². The van der Waals surface area contributed by atoms with Gasteiger partial charge >= 0.3 is 0 Å². The second-order valence-corrected chi connectivity index (χ2v) is 14.5. The van der Waals surface area contributed by atoms with Gasteiger partial charge in [-0.3, -0.25) is 0 Å². The SMILES string of the molecule is CC1(C)c2ccccc2-c2ccc(-c3ccc(N(c4ccc(-c5ccccc5)cc4)c4cccc5c6ccccc6c6ccccc6c45)cc3)cc21. The van der Waals surface area contributed by atoms with Gasteiger partial charge in [0.25, 0.3) is 0 Å². The van der Waals surface area contributed by atoms with Crippen LogP contribution in [0, 0.1) is 0 Å². The predicted octanol–water partition coefficient (Wildman–Crippen LogP) is 14.3. The fourth-order valence-electron chi connectivity index (χ4n) is 8.67. The van der Waals surface area contributed by atoms with Crippen molar-refractivity contribution in [1.82, 2.24) is 0 Å². The van der Waals surface area contributed by atoms with E-state index in [2.05, 4.69) is 207 Å². The minimum absolute atomic E-state index is 0.0358. The molecule has 0 spiro atoms. The molecule has 0 aromatic heterocycles. The van der Waals surface area contributed by atoms with Crippen molar-refractivity contribution < 1.29 is 0 Å². The van der Waals surface area contributed by atoms with E-state index >= 15 is 0 Å². The van der Waals surface area contributed by atoms with Crippen molar-refractivity contribution in [3.05, 3.63) is 199 Å². The second kappa shape index (κ2) is 11.8. The zero-order valence-electron chi connectivity index (χ0n) is 29.3.